The number of methoxy groups -OCH3 is 1. The van der Waals surface area contributed by atoms with Gasteiger partial charge in [0.25, 0.3) is 5.56 Å². The van der Waals surface area contributed by atoms with Gasteiger partial charge in [0, 0.05) is 26.1 Å². The molecule has 148 valence electrons. The second-order valence-corrected chi connectivity index (χ2v) is 7.23. The molecule has 2 heterocycles. The van der Waals surface area contributed by atoms with Crippen LogP contribution in [0.2, 0.25) is 0 Å². The van der Waals surface area contributed by atoms with Crippen LogP contribution >= 0.6 is 0 Å². The van der Waals surface area contributed by atoms with Gasteiger partial charge in [0.15, 0.2) is 5.82 Å². The Balaban J connectivity index is 1.95. The third kappa shape index (κ3) is 4.38. The number of nitrogens with zero attached hydrogens (tertiary/aromatic N) is 4. The van der Waals surface area contributed by atoms with Crippen molar-refractivity contribution >= 4 is 11.5 Å². The van der Waals surface area contributed by atoms with E-state index in [4.69, 9.17) is 15.0 Å². The molecule has 0 aliphatic heterocycles. The summed E-state index contributed by atoms with van der Waals surface area (Å²) in [6.45, 7) is 5.29. The Morgan fingerprint density at radius 3 is 2.78 bits per heavy atom. The molecule has 2 aromatic heterocycles. The molecule has 3 N–H and O–H groups in total. The van der Waals surface area contributed by atoms with Gasteiger partial charge in [0.05, 0.1) is 13.2 Å². The van der Waals surface area contributed by atoms with Crippen LogP contribution in [0.5, 0.6) is 0 Å². The van der Waals surface area contributed by atoms with Crippen LogP contribution in [0, 0.1) is 5.92 Å². The van der Waals surface area contributed by atoms with Crippen molar-refractivity contribution in [1.29, 1.82) is 0 Å². The van der Waals surface area contributed by atoms with Crippen molar-refractivity contribution in [1.82, 2.24) is 19.7 Å². The van der Waals surface area contributed by atoms with Gasteiger partial charge in [-0.2, -0.15) is 4.98 Å². The quantitative estimate of drug-likeness (QED) is 0.651. The van der Waals surface area contributed by atoms with E-state index in [9.17, 15) is 9.59 Å². The highest BCUT2D eigenvalue weighted by molar-refractivity contribution is 5.62. The first-order chi connectivity index (χ1) is 12.9. The number of rotatable bonds is 9. The zero-order chi connectivity index (χ0) is 19.6. The molecule has 0 amide bonds. The molecule has 1 aliphatic carbocycles. The van der Waals surface area contributed by atoms with E-state index < -0.39 is 11.2 Å². The highest BCUT2D eigenvalue weighted by Crippen LogP contribution is 2.38. The molecule has 3 rings (SSSR count). The van der Waals surface area contributed by atoms with Crippen molar-refractivity contribution in [2.75, 3.05) is 30.9 Å². The topological polar surface area (TPSA) is 132 Å². The number of hydrogen-bond donors (Lipinski definition) is 2. The summed E-state index contributed by atoms with van der Waals surface area (Å²) in [6.07, 6.45) is 2.14. The first kappa shape index (κ1) is 19.2. The summed E-state index contributed by atoms with van der Waals surface area (Å²) in [7, 11) is 1.57. The lowest BCUT2D eigenvalue weighted by atomic mass is 10.2. The molecule has 0 radical (unpaired) electrons. The second kappa shape index (κ2) is 7.95. The fourth-order valence-electron chi connectivity index (χ4n) is 2.90. The summed E-state index contributed by atoms with van der Waals surface area (Å²) in [5.41, 5.74) is 5.36. The third-order valence-electron chi connectivity index (χ3n) is 4.40. The maximum absolute atomic E-state index is 12.5. The summed E-state index contributed by atoms with van der Waals surface area (Å²) in [5.74, 6) is 1.77. The van der Waals surface area contributed by atoms with Crippen molar-refractivity contribution in [3.8, 4) is 0 Å². The van der Waals surface area contributed by atoms with E-state index in [0.29, 0.717) is 37.3 Å². The van der Waals surface area contributed by atoms with Crippen molar-refractivity contribution in [3.05, 3.63) is 32.6 Å². The lowest BCUT2D eigenvalue weighted by Crippen LogP contribution is -2.40. The zero-order valence-corrected chi connectivity index (χ0v) is 15.9. The molecule has 2 aromatic rings. The summed E-state index contributed by atoms with van der Waals surface area (Å²) >= 11 is 0. The average Bonchev–Trinajstić information content (AvgIpc) is 3.35. The van der Waals surface area contributed by atoms with Crippen molar-refractivity contribution in [2.24, 2.45) is 5.92 Å². The summed E-state index contributed by atoms with van der Waals surface area (Å²) in [6, 6.07) is 0. The Bertz CT molecular complexity index is 896. The van der Waals surface area contributed by atoms with Crippen LogP contribution in [0.25, 0.3) is 0 Å². The molecule has 1 fully saturated rings. The van der Waals surface area contributed by atoms with E-state index in [-0.39, 0.29) is 24.0 Å². The van der Waals surface area contributed by atoms with Crippen molar-refractivity contribution < 1.29 is 9.26 Å². The number of aromatic nitrogens is 4. The largest absolute Gasteiger partial charge is 0.383 e. The molecule has 0 unspecified atom stereocenters. The molecule has 0 atom stereocenters. The molecule has 0 aromatic carbocycles. The van der Waals surface area contributed by atoms with Crippen LogP contribution in [0.3, 0.4) is 0 Å². The van der Waals surface area contributed by atoms with Gasteiger partial charge in [-0.25, -0.2) is 4.79 Å². The predicted molar refractivity (Wildman–Crippen MR) is 99.8 cm³/mol. The number of nitrogens with one attached hydrogen (secondary N) is 1. The standard InChI is InChI=1S/C17H26N6O4/c1-10(2)8-23-14(18)13(16(24)20-17(23)25)22(6-7-26-3)9-12-19-15(21-27-12)11-4-5-11/h10-11H,4-9,18H2,1-3H3,(H,20,24,25). The number of nitrogen functional groups attached to an aromatic ring is 1. The Labute approximate surface area is 156 Å². The smallest absolute Gasteiger partial charge is 0.330 e. The maximum Gasteiger partial charge on any atom is 0.330 e. The summed E-state index contributed by atoms with van der Waals surface area (Å²) in [5, 5.41) is 4.00. The number of ether oxygens (including phenoxy) is 1. The van der Waals surface area contributed by atoms with Crippen molar-refractivity contribution in [3.63, 3.8) is 0 Å². The molecule has 0 saturated heterocycles. The van der Waals surface area contributed by atoms with Crippen LogP contribution in [0.1, 0.15) is 44.3 Å². The fourth-order valence-corrected chi connectivity index (χ4v) is 2.90. The highest BCUT2D eigenvalue weighted by Gasteiger charge is 2.29. The van der Waals surface area contributed by atoms with Gasteiger partial charge in [-0.15, -0.1) is 0 Å². The van der Waals surface area contributed by atoms with Gasteiger partial charge in [0.2, 0.25) is 5.89 Å². The van der Waals surface area contributed by atoms with E-state index in [1.165, 1.54) is 4.57 Å². The molecular weight excluding hydrogens is 352 g/mol. The molecule has 0 spiro atoms. The first-order valence-electron chi connectivity index (χ1n) is 9.09. The van der Waals surface area contributed by atoms with Crippen LogP contribution in [0.15, 0.2) is 14.1 Å². The Hall–Kier alpha value is -2.62. The van der Waals surface area contributed by atoms with E-state index >= 15 is 0 Å². The number of anilines is 2. The van der Waals surface area contributed by atoms with Gasteiger partial charge >= 0.3 is 5.69 Å². The van der Waals surface area contributed by atoms with Crippen LogP contribution in [0.4, 0.5) is 11.5 Å². The minimum atomic E-state index is -0.546. The fraction of sp³-hybridized carbons (Fsp3) is 0.647. The van der Waals surface area contributed by atoms with Crippen LogP contribution in [-0.2, 0) is 17.8 Å². The Kier molecular flexibility index (Phi) is 5.64. The summed E-state index contributed by atoms with van der Waals surface area (Å²) in [4.78, 5) is 33.2. The Morgan fingerprint density at radius 1 is 1.41 bits per heavy atom. The average molecular weight is 378 g/mol. The number of hydrogen-bond acceptors (Lipinski definition) is 8. The zero-order valence-electron chi connectivity index (χ0n) is 15.9. The lowest BCUT2D eigenvalue weighted by molar-refractivity contribution is 0.204. The van der Waals surface area contributed by atoms with E-state index in [1.54, 1.807) is 12.0 Å². The molecule has 0 bridgehead atoms. The van der Waals surface area contributed by atoms with Gasteiger partial charge in [-0.3, -0.25) is 14.3 Å². The van der Waals surface area contributed by atoms with E-state index in [2.05, 4.69) is 15.1 Å². The van der Waals surface area contributed by atoms with Crippen molar-refractivity contribution in [2.45, 2.75) is 45.7 Å². The van der Waals surface area contributed by atoms with Gasteiger partial charge < -0.3 is 19.9 Å². The number of aromatic amines is 1. The molecule has 10 heteroatoms. The van der Waals surface area contributed by atoms with Crippen LogP contribution in [-0.4, -0.2) is 40.0 Å². The third-order valence-corrected chi connectivity index (χ3v) is 4.40. The molecular formula is C17H26N6O4. The lowest BCUT2D eigenvalue weighted by Gasteiger charge is -2.24. The highest BCUT2D eigenvalue weighted by atomic mass is 16.5. The normalized spacial score (nSPS) is 14.1. The molecule has 1 saturated carbocycles. The Morgan fingerprint density at radius 2 is 2.15 bits per heavy atom. The monoisotopic (exact) mass is 378 g/mol. The minimum Gasteiger partial charge on any atom is -0.383 e. The first-order valence-corrected chi connectivity index (χ1v) is 9.09. The predicted octanol–water partition coefficient (Wildman–Crippen LogP) is 0.688. The second-order valence-electron chi connectivity index (χ2n) is 7.23. The van der Waals surface area contributed by atoms with E-state index in [0.717, 1.165) is 12.8 Å². The van der Waals surface area contributed by atoms with E-state index in [1.807, 2.05) is 13.8 Å². The summed E-state index contributed by atoms with van der Waals surface area (Å²) < 4.78 is 11.9. The SMILES string of the molecule is COCCN(Cc1nc(C2CC2)no1)c1c(N)n(CC(C)C)c(=O)[nH]c1=O. The van der Waals surface area contributed by atoms with Gasteiger partial charge in [-0.05, 0) is 18.8 Å². The maximum atomic E-state index is 12.5. The number of nitrogens with two attached hydrogens (primary N) is 1. The molecule has 27 heavy (non-hydrogen) atoms. The van der Waals surface area contributed by atoms with Gasteiger partial charge in [-0.1, -0.05) is 19.0 Å². The minimum absolute atomic E-state index is 0.121. The molecule has 10 nitrogen and oxygen atoms in total. The van der Waals surface area contributed by atoms with Gasteiger partial charge in [0.1, 0.15) is 11.5 Å². The van der Waals surface area contributed by atoms with Crippen LogP contribution < -0.4 is 21.9 Å². The number of H-pyrrole nitrogens is 1. The molecule has 1 aliphatic rings.